The van der Waals surface area contributed by atoms with Gasteiger partial charge in [0.2, 0.25) is 0 Å². The third kappa shape index (κ3) is 4.49. The van der Waals surface area contributed by atoms with Crippen molar-refractivity contribution in [2.45, 2.75) is 0 Å². The largest absolute Gasteiger partial charge is 0.456 e. The van der Waals surface area contributed by atoms with E-state index in [4.69, 9.17) is 8.83 Å². The molecule has 0 unspecified atom stereocenters. The molecule has 0 atom stereocenters. The molecule has 0 aliphatic carbocycles. The maximum absolute atomic E-state index is 6.51. The van der Waals surface area contributed by atoms with Crippen molar-refractivity contribution in [1.82, 2.24) is 0 Å². The first-order valence-electron chi connectivity index (χ1n) is 17.2. The smallest absolute Gasteiger partial charge is 0.136 e. The molecule has 51 heavy (non-hydrogen) atoms. The molecule has 8 aromatic carbocycles. The Hall–Kier alpha value is -6.42. The maximum Gasteiger partial charge on any atom is 0.136 e. The Morgan fingerprint density at radius 1 is 0.294 bits per heavy atom. The third-order valence-corrected chi connectivity index (χ3v) is 11.4. The SMILES string of the molecule is c1cccc(-c2ccc3oc4cc5cc6c(cc5cc4c3c2)sc2ccccc26)c2ccccc2c(-c2ccc3c(c2)oc2ccccc23)cc1. The minimum Gasteiger partial charge on any atom is -0.456 e. The Balaban J connectivity index is 1.12. The molecule has 2 nitrogen and oxygen atoms in total. The molecule has 0 amide bonds. The molecule has 3 aromatic heterocycles. The van der Waals surface area contributed by atoms with E-state index in [1.807, 2.05) is 23.5 Å². The van der Waals surface area contributed by atoms with Crippen LogP contribution in [0.15, 0.2) is 179 Å². The van der Waals surface area contributed by atoms with Gasteiger partial charge in [-0.25, -0.2) is 0 Å². The van der Waals surface area contributed by atoms with E-state index in [0.29, 0.717) is 0 Å². The summed E-state index contributed by atoms with van der Waals surface area (Å²) in [5, 5.41) is 11.9. The monoisotopic (exact) mass is 668 g/mol. The average Bonchev–Trinajstić information content (AvgIpc) is 3.84. The van der Waals surface area contributed by atoms with Gasteiger partial charge in [-0.1, -0.05) is 109 Å². The van der Waals surface area contributed by atoms with Gasteiger partial charge >= 0.3 is 0 Å². The highest BCUT2D eigenvalue weighted by molar-refractivity contribution is 7.25. The van der Waals surface area contributed by atoms with Crippen LogP contribution >= 0.6 is 11.3 Å². The van der Waals surface area contributed by atoms with Crippen molar-refractivity contribution in [3.05, 3.63) is 170 Å². The van der Waals surface area contributed by atoms with Crippen LogP contribution in [-0.2, 0) is 0 Å². The van der Waals surface area contributed by atoms with Gasteiger partial charge in [-0.3, -0.25) is 0 Å². The van der Waals surface area contributed by atoms with Crippen LogP contribution < -0.4 is 0 Å². The summed E-state index contributed by atoms with van der Waals surface area (Å²) in [7, 11) is 0. The first-order valence-corrected chi connectivity index (χ1v) is 18.1. The van der Waals surface area contributed by atoms with E-state index in [9.17, 15) is 0 Å². The molecule has 11 aromatic rings. The normalized spacial score (nSPS) is 11.9. The summed E-state index contributed by atoms with van der Waals surface area (Å²) in [6.45, 7) is 0. The Morgan fingerprint density at radius 3 is 1.65 bits per heavy atom. The van der Waals surface area contributed by atoms with Crippen molar-refractivity contribution in [2.24, 2.45) is 0 Å². The molecule has 3 heteroatoms. The van der Waals surface area contributed by atoms with Crippen molar-refractivity contribution < 1.29 is 8.83 Å². The van der Waals surface area contributed by atoms with E-state index in [1.54, 1.807) is 0 Å². The van der Waals surface area contributed by atoms with Gasteiger partial charge in [0.25, 0.3) is 0 Å². The average molecular weight is 669 g/mol. The standard InChI is InChI=1S/C48H28O2S/c1-2-4-12-34(30-19-21-38-37-15-7-9-17-43(37)49-45(38)26-30)36-14-6-5-13-35(36)33(11-3-1)29-20-22-44-40(23-29)41-24-32-28-48-42(25-31(32)27-46(41)50-44)39-16-8-10-18-47(39)51-48/h1-28H. The number of hydrogen-bond acceptors (Lipinski definition) is 3. The lowest BCUT2D eigenvalue weighted by Gasteiger charge is -2.09. The van der Waals surface area contributed by atoms with Gasteiger partial charge in [-0.2, -0.15) is 0 Å². The Bertz CT molecular complexity index is 3260. The summed E-state index contributed by atoms with van der Waals surface area (Å²) in [5.41, 5.74) is 8.13. The lowest BCUT2D eigenvalue weighted by Crippen LogP contribution is -1.83. The lowest BCUT2D eigenvalue weighted by molar-refractivity contribution is 0.669. The van der Waals surface area contributed by atoms with Crippen LogP contribution in [0.25, 0.3) is 108 Å². The van der Waals surface area contributed by atoms with Gasteiger partial charge in [0.05, 0.1) is 0 Å². The fourth-order valence-electron chi connectivity index (χ4n) is 7.87. The quantitative estimate of drug-likeness (QED) is 0.183. The fourth-order valence-corrected chi connectivity index (χ4v) is 9.01. The number of hydrogen-bond donors (Lipinski definition) is 0. The first-order chi connectivity index (χ1) is 25.2. The molecule has 0 N–H and O–H groups in total. The number of rotatable bonds is 2. The molecule has 3 heterocycles. The van der Waals surface area contributed by atoms with E-state index >= 15 is 0 Å². The molecule has 0 aliphatic heterocycles. The minimum absolute atomic E-state index is 0.890. The van der Waals surface area contributed by atoms with Gasteiger partial charge in [0.1, 0.15) is 22.3 Å². The highest BCUT2D eigenvalue weighted by atomic mass is 32.1. The van der Waals surface area contributed by atoms with E-state index in [0.717, 1.165) is 76.9 Å². The van der Waals surface area contributed by atoms with Crippen LogP contribution in [0.2, 0.25) is 0 Å². The van der Waals surface area contributed by atoms with Crippen LogP contribution in [0.3, 0.4) is 0 Å². The molecule has 0 aliphatic rings. The summed E-state index contributed by atoms with van der Waals surface area (Å²) >= 11 is 1.86. The Kier molecular flexibility index (Phi) is 6.16. The maximum atomic E-state index is 6.51. The topological polar surface area (TPSA) is 26.3 Å². The predicted octanol–water partition coefficient (Wildman–Crippen LogP) is 14.6. The second-order valence-corrected chi connectivity index (χ2v) is 14.3. The second kappa shape index (κ2) is 11.0. The van der Waals surface area contributed by atoms with Gasteiger partial charge in [0.15, 0.2) is 0 Å². The summed E-state index contributed by atoms with van der Waals surface area (Å²) in [4.78, 5) is 0. The van der Waals surface area contributed by atoms with Gasteiger partial charge in [0, 0.05) is 41.7 Å². The van der Waals surface area contributed by atoms with Crippen molar-refractivity contribution in [3.8, 4) is 22.3 Å². The van der Waals surface area contributed by atoms with Gasteiger partial charge in [-0.05, 0) is 104 Å². The molecule has 238 valence electrons. The molecule has 0 fully saturated rings. The highest BCUT2D eigenvalue weighted by Gasteiger charge is 2.14. The number of benzene rings is 7. The summed E-state index contributed by atoms with van der Waals surface area (Å²) in [5.74, 6) is 0. The number of para-hydroxylation sites is 1. The zero-order chi connectivity index (χ0) is 33.5. The molecule has 0 saturated carbocycles. The van der Waals surface area contributed by atoms with Crippen LogP contribution in [-0.4, -0.2) is 0 Å². The highest BCUT2D eigenvalue weighted by Crippen LogP contribution is 2.41. The second-order valence-electron chi connectivity index (χ2n) is 13.2. The zero-order valence-corrected chi connectivity index (χ0v) is 28.2. The van der Waals surface area contributed by atoms with Crippen molar-refractivity contribution in [3.63, 3.8) is 0 Å². The van der Waals surface area contributed by atoms with E-state index in [2.05, 4.69) is 158 Å². The molecule has 0 spiro atoms. The number of thiophene rings is 1. The van der Waals surface area contributed by atoms with E-state index in [1.165, 1.54) is 30.9 Å². The minimum atomic E-state index is 0.890. The number of furan rings is 2. The van der Waals surface area contributed by atoms with Gasteiger partial charge < -0.3 is 8.83 Å². The first kappa shape index (κ1) is 28.4. The molecule has 0 saturated heterocycles. The molecule has 11 rings (SSSR count). The molecule has 0 radical (unpaired) electrons. The van der Waals surface area contributed by atoms with E-state index in [-0.39, 0.29) is 0 Å². The van der Waals surface area contributed by atoms with Crippen molar-refractivity contribution >= 4 is 96.9 Å². The summed E-state index contributed by atoms with van der Waals surface area (Å²) in [6, 6.07) is 60.9. The molecular weight excluding hydrogens is 641 g/mol. The Morgan fingerprint density at radius 2 is 0.843 bits per heavy atom. The van der Waals surface area contributed by atoms with Gasteiger partial charge in [-0.15, -0.1) is 11.3 Å². The third-order valence-electron chi connectivity index (χ3n) is 10.3. The fraction of sp³-hybridized carbons (Fsp3) is 0. The molecular formula is C48H28O2S. The number of fused-ring (bicyclic) bond motifs is 11. The van der Waals surface area contributed by atoms with Crippen LogP contribution in [0.4, 0.5) is 0 Å². The molecule has 0 bridgehead atoms. The van der Waals surface area contributed by atoms with E-state index < -0.39 is 0 Å². The van der Waals surface area contributed by atoms with Crippen LogP contribution in [0.5, 0.6) is 0 Å². The zero-order valence-electron chi connectivity index (χ0n) is 27.4. The Labute approximate surface area is 296 Å². The predicted molar refractivity (Wildman–Crippen MR) is 217 cm³/mol. The van der Waals surface area contributed by atoms with Crippen molar-refractivity contribution in [2.75, 3.05) is 0 Å². The van der Waals surface area contributed by atoms with Crippen molar-refractivity contribution in [1.29, 1.82) is 0 Å². The van der Waals surface area contributed by atoms with Crippen LogP contribution in [0.1, 0.15) is 0 Å². The van der Waals surface area contributed by atoms with Crippen LogP contribution in [0, 0.1) is 0 Å². The summed E-state index contributed by atoms with van der Waals surface area (Å²) < 4.78 is 15.5. The summed E-state index contributed by atoms with van der Waals surface area (Å²) in [6.07, 6.45) is 0. The lowest BCUT2D eigenvalue weighted by atomic mass is 9.94.